The fourth-order valence-electron chi connectivity index (χ4n) is 1.32. The standard InChI is InChI=1S/C6H19NSi2.C2F6O5S2/c1-8(2,3)7-9(4,5)6;3-1(4,5)14(9,10)13-15(11,12)2(6,7)8/h7H,1-6H3;. The molecule has 16 heteroatoms. The van der Waals surface area contributed by atoms with Crippen molar-refractivity contribution in [1.82, 2.24) is 4.65 Å². The molecule has 24 heavy (non-hydrogen) atoms. The highest BCUT2D eigenvalue weighted by atomic mass is 32.3. The van der Waals surface area contributed by atoms with Gasteiger partial charge in [-0.3, -0.25) is 0 Å². The first-order valence-electron chi connectivity index (χ1n) is 6.04. The van der Waals surface area contributed by atoms with Gasteiger partial charge in [0.2, 0.25) is 0 Å². The van der Waals surface area contributed by atoms with Gasteiger partial charge in [0.1, 0.15) is 16.5 Å². The van der Waals surface area contributed by atoms with E-state index < -0.39 is 47.7 Å². The first-order chi connectivity index (χ1) is 9.91. The topological polar surface area (TPSA) is 89.5 Å². The molecule has 0 aromatic carbocycles. The molecule has 0 unspecified atom stereocenters. The number of nitrogens with one attached hydrogen (secondary N) is 1. The van der Waals surface area contributed by atoms with Gasteiger partial charge in [-0.1, -0.05) is 39.3 Å². The van der Waals surface area contributed by atoms with Gasteiger partial charge in [0.25, 0.3) is 0 Å². The van der Waals surface area contributed by atoms with E-state index in [-0.39, 0.29) is 0 Å². The molecule has 1 N–H and O–H groups in total. The van der Waals surface area contributed by atoms with Crippen molar-refractivity contribution in [3.8, 4) is 0 Å². The summed E-state index contributed by atoms with van der Waals surface area (Å²) in [4.78, 5) is 0. The summed E-state index contributed by atoms with van der Waals surface area (Å²) in [6, 6.07) is 0. The molecule has 0 aromatic heterocycles. The van der Waals surface area contributed by atoms with Crippen LogP contribution in [0.15, 0.2) is 0 Å². The number of rotatable bonds is 4. The molecular formula is C8H19F6NO5S2Si2. The second-order valence-electron chi connectivity index (χ2n) is 6.49. The number of hydrogen-bond acceptors (Lipinski definition) is 6. The zero-order valence-electron chi connectivity index (χ0n) is 13.6. The average molecular weight is 444 g/mol. The van der Waals surface area contributed by atoms with Crippen LogP contribution in [0.25, 0.3) is 0 Å². The molecular weight excluding hydrogens is 424 g/mol. The van der Waals surface area contributed by atoms with E-state index in [0.717, 1.165) is 0 Å². The quantitative estimate of drug-likeness (QED) is 0.408. The molecule has 0 aliphatic rings. The van der Waals surface area contributed by atoms with E-state index >= 15 is 0 Å². The molecule has 0 aliphatic carbocycles. The van der Waals surface area contributed by atoms with Gasteiger partial charge in [0.05, 0.1) is 0 Å². The number of hydrogen-bond donors (Lipinski definition) is 1. The minimum atomic E-state index is -6.85. The summed E-state index contributed by atoms with van der Waals surface area (Å²) in [6.07, 6.45) is 0. The maximum atomic E-state index is 11.4. The van der Waals surface area contributed by atoms with Crippen molar-refractivity contribution in [2.45, 2.75) is 50.3 Å². The molecule has 0 bridgehead atoms. The summed E-state index contributed by atoms with van der Waals surface area (Å²) in [5.41, 5.74) is -12.5. The summed E-state index contributed by atoms with van der Waals surface area (Å²) in [6.45, 7) is 14.1. The first-order valence-corrected chi connectivity index (χ1v) is 15.9. The summed E-state index contributed by atoms with van der Waals surface area (Å²) in [5.74, 6) is 0. The van der Waals surface area contributed by atoms with Gasteiger partial charge in [-0.15, -0.1) is 3.63 Å². The van der Waals surface area contributed by atoms with Crippen LogP contribution in [0, 0.1) is 0 Å². The van der Waals surface area contributed by atoms with Crippen LogP contribution in [0.4, 0.5) is 26.3 Å². The van der Waals surface area contributed by atoms with Crippen LogP contribution in [0.2, 0.25) is 39.3 Å². The monoisotopic (exact) mass is 443 g/mol. The van der Waals surface area contributed by atoms with E-state index in [1.165, 1.54) is 0 Å². The largest absolute Gasteiger partial charge is 0.524 e. The predicted molar refractivity (Wildman–Crippen MR) is 80.9 cm³/mol. The van der Waals surface area contributed by atoms with Gasteiger partial charge in [0, 0.05) is 0 Å². The second kappa shape index (κ2) is 7.60. The van der Waals surface area contributed by atoms with Crippen LogP contribution in [0.1, 0.15) is 0 Å². The van der Waals surface area contributed by atoms with Gasteiger partial charge in [-0.25, -0.2) is 0 Å². The van der Waals surface area contributed by atoms with Crippen molar-refractivity contribution in [2.75, 3.05) is 0 Å². The Morgan fingerprint density at radius 3 is 0.958 bits per heavy atom. The predicted octanol–water partition coefficient (Wildman–Crippen LogP) is 2.95. The molecule has 0 saturated carbocycles. The highest BCUT2D eigenvalue weighted by Crippen LogP contribution is 2.32. The lowest BCUT2D eigenvalue weighted by Crippen LogP contribution is -2.55. The third-order valence-corrected chi connectivity index (χ3v) is 10.1. The Morgan fingerprint density at radius 2 is 0.875 bits per heavy atom. The lowest BCUT2D eigenvalue weighted by atomic mass is 11.6. The molecule has 0 amide bonds. The minimum absolute atomic E-state index is 0.981. The molecule has 0 fully saturated rings. The Balaban J connectivity index is 0. The van der Waals surface area contributed by atoms with Crippen molar-refractivity contribution in [2.24, 2.45) is 0 Å². The molecule has 0 rings (SSSR count). The Bertz CT molecular complexity index is 561. The van der Waals surface area contributed by atoms with Crippen LogP contribution in [-0.4, -0.2) is 44.3 Å². The van der Waals surface area contributed by atoms with Crippen LogP contribution in [0.5, 0.6) is 0 Å². The summed E-state index contributed by atoms with van der Waals surface area (Å²) >= 11 is 0. The maximum Gasteiger partial charge on any atom is 0.524 e. The summed E-state index contributed by atoms with van der Waals surface area (Å²) < 4.78 is 114. The van der Waals surface area contributed by atoms with Gasteiger partial charge in [0.15, 0.2) is 0 Å². The summed E-state index contributed by atoms with van der Waals surface area (Å²) in [5, 5.41) is 0. The minimum Gasteiger partial charge on any atom is -0.360 e. The smallest absolute Gasteiger partial charge is 0.360 e. The van der Waals surface area contributed by atoms with E-state index in [1.807, 2.05) is 3.63 Å². The third kappa shape index (κ3) is 10.6. The van der Waals surface area contributed by atoms with Gasteiger partial charge in [-0.2, -0.15) is 43.2 Å². The van der Waals surface area contributed by atoms with Gasteiger partial charge < -0.3 is 4.65 Å². The van der Waals surface area contributed by atoms with E-state index in [9.17, 15) is 43.2 Å². The van der Waals surface area contributed by atoms with Crippen molar-refractivity contribution < 1.29 is 46.8 Å². The van der Waals surface area contributed by atoms with E-state index in [1.54, 1.807) is 0 Å². The zero-order valence-corrected chi connectivity index (χ0v) is 17.3. The van der Waals surface area contributed by atoms with E-state index in [4.69, 9.17) is 0 Å². The lowest BCUT2D eigenvalue weighted by Gasteiger charge is -2.28. The van der Waals surface area contributed by atoms with Crippen molar-refractivity contribution in [3.63, 3.8) is 0 Å². The first kappa shape index (κ1) is 26.1. The van der Waals surface area contributed by atoms with Crippen molar-refractivity contribution >= 4 is 36.7 Å². The van der Waals surface area contributed by atoms with Crippen molar-refractivity contribution in [3.05, 3.63) is 0 Å². The molecule has 0 heterocycles. The van der Waals surface area contributed by atoms with Gasteiger partial charge >= 0.3 is 31.3 Å². The lowest BCUT2D eigenvalue weighted by molar-refractivity contribution is -0.0585. The van der Waals surface area contributed by atoms with Crippen LogP contribution in [0.3, 0.4) is 0 Å². The van der Waals surface area contributed by atoms with Crippen molar-refractivity contribution in [1.29, 1.82) is 0 Å². The maximum absolute atomic E-state index is 11.4. The molecule has 0 aromatic rings. The normalized spacial score (nSPS) is 14.8. The zero-order chi connectivity index (χ0) is 20.4. The van der Waals surface area contributed by atoms with E-state index in [0.29, 0.717) is 0 Å². The highest BCUT2D eigenvalue weighted by Gasteiger charge is 2.57. The fraction of sp³-hybridized carbons (Fsp3) is 1.00. The fourth-order valence-corrected chi connectivity index (χ4v) is 11.9. The SMILES string of the molecule is C[Si](C)(C)N[Si](C)(C)C.O=S(=O)(OS(=O)(=O)C(F)(F)F)C(F)(F)F. The van der Waals surface area contributed by atoms with Crippen LogP contribution < -0.4 is 4.65 Å². The molecule has 0 saturated heterocycles. The molecule has 0 radical (unpaired) electrons. The Morgan fingerprint density at radius 1 is 0.667 bits per heavy atom. The second-order valence-corrected chi connectivity index (χ2v) is 19.8. The Kier molecular flexibility index (Phi) is 8.26. The molecule has 6 nitrogen and oxygen atoms in total. The number of alkyl halides is 6. The highest BCUT2D eigenvalue weighted by molar-refractivity contribution is 8.00. The molecule has 0 spiro atoms. The molecule has 148 valence electrons. The molecule has 0 atom stereocenters. The molecule has 0 aliphatic heterocycles. The third-order valence-electron chi connectivity index (χ3n) is 1.50. The van der Waals surface area contributed by atoms with Crippen LogP contribution in [-0.2, 0) is 23.9 Å². The number of halogens is 6. The average Bonchev–Trinajstić information content (AvgIpc) is 2.05. The van der Waals surface area contributed by atoms with Gasteiger partial charge in [-0.05, 0) is 0 Å². The Labute approximate surface area is 139 Å². The van der Waals surface area contributed by atoms with Crippen LogP contribution >= 0.6 is 0 Å². The summed E-state index contributed by atoms with van der Waals surface area (Å²) in [7, 11) is -15.7. The van der Waals surface area contributed by atoms with E-state index in [2.05, 4.69) is 43.9 Å². The Hall–Kier alpha value is -0.166.